The fourth-order valence-electron chi connectivity index (χ4n) is 2.66. The van der Waals surface area contributed by atoms with Crippen molar-refractivity contribution in [3.63, 3.8) is 0 Å². The molecule has 2 heterocycles. The van der Waals surface area contributed by atoms with E-state index in [-0.39, 0.29) is 5.75 Å². The van der Waals surface area contributed by atoms with Crippen LogP contribution in [0.3, 0.4) is 0 Å². The first kappa shape index (κ1) is 12.2. The Labute approximate surface area is 112 Å². The second-order valence-electron chi connectivity index (χ2n) is 5.06. The summed E-state index contributed by atoms with van der Waals surface area (Å²) in [7, 11) is 0. The first-order valence-electron chi connectivity index (χ1n) is 6.88. The summed E-state index contributed by atoms with van der Waals surface area (Å²) in [6, 6.07) is 7.95. The molecule has 19 heavy (non-hydrogen) atoms. The SMILES string of the molecule is Oc1cccc2ccnc(NCC3CCCCN3)c12. The number of hydrogen-bond donors (Lipinski definition) is 3. The molecular weight excluding hydrogens is 238 g/mol. The maximum atomic E-state index is 9.99. The summed E-state index contributed by atoms with van der Waals surface area (Å²) in [6.45, 7) is 1.95. The van der Waals surface area contributed by atoms with Gasteiger partial charge in [0.1, 0.15) is 11.6 Å². The lowest BCUT2D eigenvalue weighted by Gasteiger charge is -2.24. The van der Waals surface area contributed by atoms with Crippen LogP contribution in [0, 0.1) is 0 Å². The van der Waals surface area contributed by atoms with E-state index < -0.39 is 0 Å². The second kappa shape index (κ2) is 5.45. The highest BCUT2D eigenvalue weighted by Gasteiger charge is 2.13. The minimum atomic E-state index is 0.282. The third-order valence-corrected chi connectivity index (χ3v) is 3.70. The van der Waals surface area contributed by atoms with Gasteiger partial charge in [0, 0.05) is 18.8 Å². The quantitative estimate of drug-likeness (QED) is 0.790. The fourth-order valence-corrected chi connectivity index (χ4v) is 2.66. The molecule has 4 nitrogen and oxygen atoms in total. The van der Waals surface area contributed by atoms with E-state index in [1.807, 2.05) is 18.2 Å². The maximum Gasteiger partial charge on any atom is 0.137 e. The number of fused-ring (bicyclic) bond motifs is 1. The average Bonchev–Trinajstić information content (AvgIpc) is 2.46. The van der Waals surface area contributed by atoms with Gasteiger partial charge in [-0.05, 0) is 36.9 Å². The molecule has 1 saturated heterocycles. The van der Waals surface area contributed by atoms with Gasteiger partial charge >= 0.3 is 0 Å². The Hall–Kier alpha value is -1.81. The highest BCUT2D eigenvalue weighted by Crippen LogP contribution is 2.29. The molecule has 0 amide bonds. The second-order valence-corrected chi connectivity index (χ2v) is 5.06. The Morgan fingerprint density at radius 1 is 1.32 bits per heavy atom. The van der Waals surface area contributed by atoms with Gasteiger partial charge in [-0.15, -0.1) is 0 Å². The van der Waals surface area contributed by atoms with Gasteiger partial charge in [0.2, 0.25) is 0 Å². The van der Waals surface area contributed by atoms with Gasteiger partial charge in [0.25, 0.3) is 0 Å². The van der Waals surface area contributed by atoms with E-state index in [0.29, 0.717) is 6.04 Å². The van der Waals surface area contributed by atoms with Crippen molar-refractivity contribution in [2.45, 2.75) is 25.3 Å². The normalized spacial score (nSPS) is 19.5. The molecule has 0 saturated carbocycles. The van der Waals surface area contributed by atoms with Crippen molar-refractivity contribution >= 4 is 16.6 Å². The van der Waals surface area contributed by atoms with E-state index in [2.05, 4.69) is 15.6 Å². The van der Waals surface area contributed by atoms with Crippen LogP contribution in [0.15, 0.2) is 30.5 Å². The lowest BCUT2D eigenvalue weighted by Crippen LogP contribution is -2.39. The molecule has 1 fully saturated rings. The van der Waals surface area contributed by atoms with E-state index in [4.69, 9.17) is 0 Å². The van der Waals surface area contributed by atoms with Crippen LogP contribution in [0.4, 0.5) is 5.82 Å². The summed E-state index contributed by atoms with van der Waals surface area (Å²) >= 11 is 0. The zero-order chi connectivity index (χ0) is 13.1. The van der Waals surface area contributed by atoms with Crippen molar-refractivity contribution in [2.75, 3.05) is 18.4 Å². The van der Waals surface area contributed by atoms with Gasteiger partial charge < -0.3 is 15.7 Å². The van der Waals surface area contributed by atoms with Crippen LogP contribution in [0.5, 0.6) is 5.75 Å². The van der Waals surface area contributed by atoms with Crippen molar-refractivity contribution in [1.82, 2.24) is 10.3 Å². The molecule has 1 atom stereocenters. The van der Waals surface area contributed by atoms with Gasteiger partial charge in [-0.25, -0.2) is 4.98 Å². The Bertz CT molecular complexity index is 559. The zero-order valence-corrected chi connectivity index (χ0v) is 10.9. The molecule has 1 aliphatic heterocycles. The first-order valence-corrected chi connectivity index (χ1v) is 6.88. The molecule has 2 aromatic rings. The molecule has 1 aromatic carbocycles. The molecule has 4 heteroatoms. The van der Waals surface area contributed by atoms with E-state index in [9.17, 15) is 5.11 Å². The number of hydrogen-bond acceptors (Lipinski definition) is 4. The number of aromatic hydroxyl groups is 1. The first-order chi connectivity index (χ1) is 9.34. The number of aromatic nitrogens is 1. The number of pyridine rings is 1. The fraction of sp³-hybridized carbons (Fsp3) is 0.400. The molecule has 100 valence electrons. The molecule has 0 spiro atoms. The number of phenols is 1. The van der Waals surface area contributed by atoms with Crippen LogP contribution < -0.4 is 10.6 Å². The summed E-state index contributed by atoms with van der Waals surface area (Å²) in [6.07, 6.45) is 5.53. The number of nitrogens with zero attached hydrogens (tertiary/aromatic N) is 1. The third-order valence-electron chi connectivity index (χ3n) is 3.70. The summed E-state index contributed by atoms with van der Waals surface area (Å²) in [4.78, 5) is 4.35. The van der Waals surface area contributed by atoms with Crippen molar-refractivity contribution < 1.29 is 5.11 Å². The number of phenolic OH excluding ortho intramolecular Hbond substituents is 1. The summed E-state index contributed by atoms with van der Waals surface area (Å²) in [5.74, 6) is 1.05. The van der Waals surface area contributed by atoms with Crippen LogP contribution >= 0.6 is 0 Å². The molecule has 3 rings (SSSR count). The minimum absolute atomic E-state index is 0.282. The van der Waals surface area contributed by atoms with Gasteiger partial charge in [-0.1, -0.05) is 18.6 Å². The monoisotopic (exact) mass is 257 g/mol. The molecule has 0 bridgehead atoms. The van der Waals surface area contributed by atoms with E-state index in [1.54, 1.807) is 12.3 Å². The van der Waals surface area contributed by atoms with Gasteiger partial charge in [-0.3, -0.25) is 0 Å². The van der Waals surface area contributed by atoms with Gasteiger partial charge in [0.05, 0.1) is 5.39 Å². The molecule has 1 aromatic heterocycles. The van der Waals surface area contributed by atoms with Gasteiger partial charge in [0.15, 0.2) is 0 Å². The largest absolute Gasteiger partial charge is 0.507 e. The predicted molar refractivity (Wildman–Crippen MR) is 77.5 cm³/mol. The summed E-state index contributed by atoms with van der Waals surface area (Å²) < 4.78 is 0. The van der Waals surface area contributed by atoms with Crippen LogP contribution in [0.25, 0.3) is 10.8 Å². The lowest BCUT2D eigenvalue weighted by molar-refractivity contribution is 0.414. The van der Waals surface area contributed by atoms with Crippen molar-refractivity contribution in [1.29, 1.82) is 0 Å². The minimum Gasteiger partial charge on any atom is -0.507 e. The highest BCUT2D eigenvalue weighted by molar-refractivity contribution is 5.96. The Balaban J connectivity index is 1.80. The van der Waals surface area contributed by atoms with Crippen molar-refractivity contribution in [3.05, 3.63) is 30.5 Å². The molecule has 1 aliphatic rings. The number of rotatable bonds is 3. The average molecular weight is 257 g/mol. The number of anilines is 1. The Morgan fingerprint density at radius 2 is 2.26 bits per heavy atom. The Kier molecular flexibility index (Phi) is 3.51. The van der Waals surface area contributed by atoms with Crippen molar-refractivity contribution in [3.8, 4) is 5.75 Å². The summed E-state index contributed by atoms with van der Waals surface area (Å²) in [5, 5.41) is 18.7. The predicted octanol–water partition coefficient (Wildman–Crippen LogP) is 2.49. The lowest BCUT2D eigenvalue weighted by atomic mass is 10.0. The standard InChI is InChI=1S/C15H19N3O/c19-13-6-3-4-11-7-9-17-15(14(11)13)18-10-12-5-1-2-8-16-12/h3-4,6-7,9,12,16,19H,1-2,5,8,10H2,(H,17,18). The number of nitrogens with one attached hydrogen (secondary N) is 2. The molecule has 0 radical (unpaired) electrons. The highest BCUT2D eigenvalue weighted by atomic mass is 16.3. The topological polar surface area (TPSA) is 57.2 Å². The van der Waals surface area contributed by atoms with Crippen LogP contribution in [-0.2, 0) is 0 Å². The third kappa shape index (κ3) is 2.63. The van der Waals surface area contributed by atoms with Crippen LogP contribution in [0.1, 0.15) is 19.3 Å². The molecule has 3 N–H and O–H groups in total. The summed E-state index contributed by atoms with van der Waals surface area (Å²) in [5.41, 5.74) is 0. The molecule has 0 aliphatic carbocycles. The van der Waals surface area contributed by atoms with E-state index >= 15 is 0 Å². The molecule has 1 unspecified atom stereocenters. The van der Waals surface area contributed by atoms with E-state index in [0.717, 1.165) is 29.7 Å². The number of benzene rings is 1. The van der Waals surface area contributed by atoms with Gasteiger partial charge in [-0.2, -0.15) is 0 Å². The van der Waals surface area contributed by atoms with Crippen LogP contribution in [0.2, 0.25) is 0 Å². The maximum absolute atomic E-state index is 9.99. The smallest absolute Gasteiger partial charge is 0.137 e. The van der Waals surface area contributed by atoms with Crippen LogP contribution in [-0.4, -0.2) is 29.2 Å². The van der Waals surface area contributed by atoms with Crippen molar-refractivity contribution in [2.24, 2.45) is 0 Å². The van der Waals surface area contributed by atoms with E-state index in [1.165, 1.54) is 19.3 Å². The molecular formula is C15H19N3O. The zero-order valence-electron chi connectivity index (χ0n) is 10.9. The number of piperidine rings is 1. The Morgan fingerprint density at radius 3 is 3.11 bits per heavy atom.